The molecule has 0 fully saturated rings. The number of aryl methyl sites for hydroxylation is 1. The van der Waals surface area contributed by atoms with Gasteiger partial charge in [-0.3, -0.25) is 0 Å². The largest absolute Gasteiger partial charge is 0.310 e. The molecule has 0 aromatic heterocycles. The van der Waals surface area contributed by atoms with E-state index in [0.29, 0.717) is 6.04 Å². The second-order valence-corrected chi connectivity index (χ2v) is 4.56. The average molecular weight is 219 g/mol. The number of nitrogens with one attached hydrogen (secondary N) is 1. The summed E-state index contributed by atoms with van der Waals surface area (Å²) in [5, 5.41) is 3.64. The van der Waals surface area contributed by atoms with E-state index in [0.717, 1.165) is 6.54 Å². The van der Waals surface area contributed by atoms with Crippen molar-refractivity contribution in [3.8, 4) is 0 Å². The molecule has 0 bridgehead atoms. The number of unbranched alkanes of at least 4 members (excludes halogenated alkanes) is 1. The first kappa shape index (κ1) is 13.2. The number of benzene rings is 1. The number of hydrogen-bond acceptors (Lipinski definition) is 1. The van der Waals surface area contributed by atoms with Crippen LogP contribution in [0.25, 0.3) is 0 Å². The van der Waals surface area contributed by atoms with Crippen molar-refractivity contribution in [3.05, 3.63) is 35.4 Å². The van der Waals surface area contributed by atoms with Gasteiger partial charge in [-0.2, -0.15) is 0 Å². The first-order chi connectivity index (χ1) is 7.77. The van der Waals surface area contributed by atoms with Gasteiger partial charge in [0.15, 0.2) is 0 Å². The fourth-order valence-electron chi connectivity index (χ4n) is 1.91. The summed E-state index contributed by atoms with van der Waals surface area (Å²) >= 11 is 0. The fraction of sp³-hybridized carbons (Fsp3) is 0.600. The maximum atomic E-state index is 3.64. The van der Waals surface area contributed by atoms with E-state index in [1.807, 2.05) is 0 Å². The lowest BCUT2D eigenvalue weighted by molar-refractivity contribution is 0.481. The van der Waals surface area contributed by atoms with E-state index < -0.39 is 0 Å². The monoisotopic (exact) mass is 219 g/mol. The van der Waals surface area contributed by atoms with Crippen molar-refractivity contribution >= 4 is 0 Å². The number of hydrogen-bond donors (Lipinski definition) is 1. The van der Waals surface area contributed by atoms with Crippen LogP contribution in [0, 0.1) is 6.92 Å². The molecule has 0 spiro atoms. The van der Waals surface area contributed by atoms with Crippen LogP contribution in [0.1, 0.15) is 56.7 Å². The highest BCUT2D eigenvalue weighted by Crippen LogP contribution is 2.19. The van der Waals surface area contributed by atoms with Gasteiger partial charge in [0.2, 0.25) is 0 Å². The molecule has 1 nitrogen and oxygen atoms in total. The second kappa shape index (κ2) is 7.45. The van der Waals surface area contributed by atoms with Gasteiger partial charge in [-0.25, -0.2) is 0 Å². The highest BCUT2D eigenvalue weighted by Gasteiger charge is 2.09. The lowest BCUT2D eigenvalue weighted by Gasteiger charge is -2.19. The van der Waals surface area contributed by atoms with Gasteiger partial charge in [-0.05, 0) is 31.9 Å². The average Bonchev–Trinajstić information content (AvgIpc) is 2.31. The molecule has 0 radical (unpaired) electrons. The molecule has 0 amide bonds. The van der Waals surface area contributed by atoms with Crippen LogP contribution in [0.5, 0.6) is 0 Å². The molecule has 0 aliphatic carbocycles. The molecular formula is C15H25N. The Morgan fingerprint density at radius 2 is 1.75 bits per heavy atom. The SMILES string of the molecule is CCCCC(NCCC)c1ccc(C)cc1. The maximum absolute atomic E-state index is 3.64. The molecule has 0 aliphatic rings. The fourth-order valence-corrected chi connectivity index (χ4v) is 1.91. The predicted molar refractivity (Wildman–Crippen MR) is 71.7 cm³/mol. The van der Waals surface area contributed by atoms with Gasteiger partial charge in [0.25, 0.3) is 0 Å². The van der Waals surface area contributed by atoms with Gasteiger partial charge in [-0.1, -0.05) is 56.5 Å². The molecule has 0 aliphatic heterocycles. The Bertz CT molecular complexity index is 268. The van der Waals surface area contributed by atoms with Crippen LogP contribution in [0.15, 0.2) is 24.3 Å². The summed E-state index contributed by atoms with van der Waals surface area (Å²) in [5.41, 5.74) is 2.78. The zero-order valence-corrected chi connectivity index (χ0v) is 10.9. The molecule has 1 atom stereocenters. The van der Waals surface area contributed by atoms with Gasteiger partial charge in [0.1, 0.15) is 0 Å². The molecule has 0 saturated carbocycles. The summed E-state index contributed by atoms with van der Waals surface area (Å²) in [6, 6.07) is 9.49. The molecule has 90 valence electrons. The van der Waals surface area contributed by atoms with Crippen molar-refractivity contribution in [1.29, 1.82) is 0 Å². The lowest BCUT2D eigenvalue weighted by atomic mass is 10.00. The molecular weight excluding hydrogens is 194 g/mol. The molecule has 16 heavy (non-hydrogen) atoms. The normalized spacial score (nSPS) is 12.7. The van der Waals surface area contributed by atoms with Gasteiger partial charge in [-0.15, -0.1) is 0 Å². The minimum absolute atomic E-state index is 0.542. The third kappa shape index (κ3) is 4.36. The summed E-state index contributed by atoms with van der Waals surface area (Å²) in [6.07, 6.45) is 5.03. The molecule has 0 saturated heterocycles. The Balaban J connectivity index is 2.62. The Hall–Kier alpha value is -0.820. The van der Waals surface area contributed by atoms with Crippen LogP contribution in [0.4, 0.5) is 0 Å². The molecule has 1 rings (SSSR count). The quantitative estimate of drug-likeness (QED) is 0.723. The second-order valence-electron chi connectivity index (χ2n) is 4.56. The highest BCUT2D eigenvalue weighted by molar-refractivity contribution is 5.24. The Labute approximate surface area is 100 Å². The molecule has 1 heteroatoms. The molecule has 1 aromatic rings. The minimum atomic E-state index is 0.542. The van der Waals surface area contributed by atoms with Crippen LogP contribution >= 0.6 is 0 Å². The smallest absolute Gasteiger partial charge is 0.0320 e. The summed E-state index contributed by atoms with van der Waals surface area (Å²) in [6.45, 7) is 7.73. The van der Waals surface area contributed by atoms with Gasteiger partial charge in [0.05, 0.1) is 0 Å². The zero-order valence-electron chi connectivity index (χ0n) is 10.9. The lowest BCUT2D eigenvalue weighted by Crippen LogP contribution is -2.22. The topological polar surface area (TPSA) is 12.0 Å². The van der Waals surface area contributed by atoms with Gasteiger partial charge < -0.3 is 5.32 Å². The van der Waals surface area contributed by atoms with Crippen LogP contribution in [0.3, 0.4) is 0 Å². The zero-order chi connectivity index (χ0) is 11.8. The van der Waals surface area contributed by atoms with Crippen molar-refractivity contribution in [1.82, 2.24) is 5.32 Å². The third-order valence-electron chi connectivity index (χ3n) is 2.97. The molecule has 1 N–H and O–H groups in total. The first-order valence-corrected chi connectivity index (χ1v) is 6.57. The van der Waals surface area contributed by atoms with E-state index in [-0.39, 0.29) is 0 Å². The Morgan fingerprint density at radius 1 is 1.06 bits per heavy atom. The van der Waals surface area contributed by atoms with Crippen molar-refractivity contribution in [3.63, 3.8) is 0 Å². The molecule has 1 unspecified atom stereocenters. The van der Waals surface area contributed by atoms with Crippen molar-refractivity contribution < 1.29 is 0 Å². The number of rotatable bonds is 7. The van der Waals surface area contributed by atoms with Gasteiger partial charge in [0, 0.05) is 6.04 Å². The summed E-state index contributed by atoms with van der Waals surface area (Å²) in [5.74, 6) is 0. The van der Waals surface area contributed by atoms with E-state index in [9.17, 15) is 0 Å². The van der Waals surface area contributed by atoms with E-state index in [1.54, 1.807) is 0 Å². The summed E-state index contributed by atoms with van der Waals surface area (Å²) in [7, 11) is 0. The summed E-state index contributed by atoms with van der Waals surface area (Å²) in [4.78, 5) is 0. The van der Waals surface area contributed by atoms with E-state index in [4.69, 9.17) is 0 Å². The molecule has 1 aromatic carbocycles. The first-order valence-electron chi connectivity index (χ1n) is 6.57. The van der Waals surface area contributed by atoms with Crippen LogP contribution in [0.2, 0.25) is 0 Å². The van der Waals surface area contributed by atoms with Gasteiger partial charge >= 0.3 is 0 Å². The maximum Gasteiger partial charge on any atom is 0.0320 e. The van der Waals surface area contributed by atoms with Crippen LogP contribution in [-0.2, 0) is 0 Å². The van der Waals surface area contributed by atoms with Crippen LogP contribution in [-0.4, -0.2) is 6.54 Å². The predicted octanol–water partition coefficient (Wildman–Crippen LogP) is 4.23. The van der Waals surface area contributed by atoms with Crippen molar-refractivity contribution in [2.45, 2.75) is 52.5 Å². The van der Waals surface area contributed by atoms with Crippen molar-refractivity contribution in [2.24, 2.45) is 0 Å². The van der Waals surface area contributed by atoms with Crippen LogP contribution < -0.4 is 5.32 Å². The molecule has 0 heterocycles. The summed E-state index contributed by atoms with van der Waals surface area (Å²) < 4.78 is 0. The Kier molecular flexibility index (Phi) is 6.17. The van der Waals surface area contributed by atoms with E-state index in [1.165, 1.54) is 36.8 Å². The van der Waals surface area contributed by atoms with Crippen molar-refractivity contribution in [2.75, 3.05) is 6.54 Å². The van der Waals surface area contributed by atoms with E-state index in [2.05, 4.69) is 50.4 Å². The highest BCUT2D eigenvalue weighted by atomic mass is 14.9. The van der Waals surface area contributed by atoms with E-state index >= 15 is 0 Å². The Morgan fingerprint density at radius 3 is 2.31 bits per heavy atom. The standard InChI is InChI=1S/C15H25N/c1-4-6-7-15(16-12-5-2)14-10-8-13(3)9-11-14/h8-11,15-16H,4-7,12H2,1-3H3. The third-order valence-corrected chi connectivity index (χ3v) is 2.97. The minimum Gasteiger partial charge on any atom is -0.310 e.